The van der Waals surface area contributed by atoms with Crippen LogP contribution in [0.4, 0.5) is 0 Å². The summed E-state index contributed by atoms with van der Waals surface area (Å²) >= 11 is 0. The zero-order valence-corrected chi connectivity index (χ0v) is 11.0. The number of imidazole rings is 1. The van der Waals surface area contributed by atoms with E-state index in [0.29, 0.717) is 6.54 Å². The molecule has 0 atom stereocenters. The van der Waals surface area contributed by atoms with Crippen LogP contribution in [-0.4, -0.2) is 16.0 Å². The Kier molecular flexibility index (Phi) is 2.50. The monoisotopic (exact) mass is 265 g/mol. The lowest BCUT2D eigenvalue weighted by atomic mass is 10.0. The maximum Gasteiger partial charge on any atom is 0.137 e. The Morgan fingerprint density at radius 2 is 2.25 bits per heavy atom. The Hall–Kier alpha value is -2.33. The zero-order valence-electron chi connectivity index (χ0n) is 11.0. The van der Waals surface area contributed by atoms with Crippen molar-refractivity contribution in [2.45, 2.75) is 13.0 Å². The van der Waals surface area contributed by atoms with Gasteiger partial charge >= 0.3 is 0 Å². The van der Waals surface area contributed by atoms with Crippen LogP contribution in [0, 0.1) is 0 Å². The van der Waals surface area contributed by atoms with Crippen LogP contribution in [0.1, 0.15) is 11.1 Å². The van der Waals surface area contributed by atoms with Crippen molar-refractivity contribution in [3.05, 3.63) is 53.9 Å². The standard InChI is InChI=1S/C16H15N3O/c17-10-13-9-12(8-11-4-7-20-16(11)13)14-2-1-3-15-18-5-6-19(14)15/h1-3,5-6,8-9H,4,7,10,17H2. The number of ether oxygens (including phenoxy) is 1. The van der Waals surface area contributed by atoms with Gasteiger partial charge in [-0.1, -0.05) is 6.07 Å². The van der Waals surface area contributed by atoms with Crippen molar-refractivity contribution >= 4 is 5.65 Å². The van der Waals surface area contributed by atoms with Gasteiger partial charge in [0.15, 0.2) is 0 Å². The molecule has 2 aromatic heterocycles. The van der Waals surface area contributed by atoms with Crippen molar-refractivity contribution in [2.24, 2.45) is 5.73 Å². The second kappa shape index (κ2) is 4.35. The van der Waals surface area contributed by atoms with Crippen molar-refractivity contribution in [2.75, 3.05) is 6.61 Å². The number of hydrogen-bond donors (Lipinski definition) is 1. The van der Waals surface area contributed by atoms with Crippen molar-refractivity contribution in [3.63, 3.8) is 0 Å². The number of pyridine rings is 1. The smallest absolute Gasteiger partial charge is 0.137 e. The first-order chi connectivity index (χ1) is 9.86. The Morgan fingerprint density at radius 1 is 1.30 bits per heavy atom. The summed E-state index contributed by atoms with van der Waals surface area (Å²) in [6.07, 6.45) is 4.76. The van der Waals surface area contributed by atoms with Crippen molar-refractivity contribution in [3.8, 4) is 17.0 Å². The van der Waals surface area contributed by atoms with Gasteiger partial charge in [-0.2, -0.15) is 0 Å². The van der Waals surface area contributed by atoms with Gasteiger partial charge in [0, 0.05) is 30.9 Å². The van der Waals surface area contributed by atoms with Crippen LogP contribution < -0.4 is 10.5 Å². The number of hydrogen-bond acceptors (Lipinski definition) is 3. The fourth-order valence-corrected chi connectivity index (χ4v) is 2.87. The summed E-state index contributed by atoms with van der Waals surface area (Å²) in [7, 11) is 0. The van der Waals surface area contributed by atoms with Gasteiger partial charge in [-0.3, -0.25) is 4.40 Å². The Bertz CT molecular complexity index is 792. The van der Waals surface area contributed by atoms with E-state index < -0.39 is 0 Å². The molecule has 0 fully saturated rings. The first-order valence-electron chi connectivity index (χ1n) is 6.78. The second-order valence-corrected chi connectivity index (χ2v) is 4.99. The second-order valence-electron chi connectivity index (χ2n) is 4.99. The van der Waals surface area contributed by atoms with Crippen LogP contribution in [-0.2, 0) is 13.0 Å². The summed E-state index contributed by atoms with van der Waals surface area (Å²) in [6, 6.07) is 10.5. The quantitative estimate of drug-likeness (QED) is 0.774. The van der Waals surface area contributed by atoms with Crippen LogP contribution in [0.5, 0.6) is 5.75 Å². The lowest BCUT2D eigenvalue weighted by molar-refractivity contribution is 0.353. The normalized spacial score (nSPS) is 13.4. The molecule has 100 valence electrons. The number of fused-ring (bicyclic) bond motifs is 2. The number of nitrogens with zero attached hydrogens (tertiary/aromatic N) is 2. The van der Waals surface area contributed by atoms with E-state index in [1.165, 1.54) is 11.1 Å². The Morgan fingerprint density at radius 3 is 3.15 bits per heavy atom. The molecular formula is C16H15N3O. The molecule has 3 aromatic rings. The molecule has 0 amide bonds. The van der Waals surface area contributed by atoms with Gasteiger partial charge < -0.3 is 10.5 Å². The highest BCUT2D eigenvalue weighted by atomic mass is 16.5. The summed E-state index contributed by atoms with van der Waals surface area (Å²) in [5.74, 6) is 0.981. The third-order valence-electron chi connectivity index (χ3n) is 3.80. The van der Waals surface area contributed by atoms with Gasteiger partial charge in [-0.15, -0.1) is 0 Å². The molecule has 3 heterocycles. The van der Waals surface area contributed by atoms with E-state index in [9.17, 15) is 0 Å². The van der Waals surface area contributed by atoms with Crippen LogP contribution in [0.25, 0.3) is 16.9 Å². The fraction of sp³-hybridized carbons (Fsp3) is 0.188. The first kappa shape index (κ1) is 11.5. The van der Waals surface area contributed by atoms with E-state index >= 15 is 0 Å². The molecule has 0 aliphatic carbocycles. The Balaban J connectivity index is 1.96. The summed E-state index contributed by atoms with van der Waals surface area (Å²) in [5, 5.41) is 0. The van der Waals surface area contributed by atoms with Gasteiger partial charge in [0.2, 0.25) is 0 Å². The number of nitrogens with two attached hydrogens (primary N) is 1. The highest BCUT2D eigenvalue weighted by molar-refractivity contribution is 5.68. The maximum absolute atomic E-state index is 5.86. The number of benzene rings is 1. The van der Waals surface area contributed by atoms with Crippen LogP contribution in [0.2, 0.25) is 0 Å². The molecule has 1 aliphatic heterocycles. The van der Waals surface area contributed by atoms with Crippen molar-refractivity contribution < 1.29 is 4.74 Å². The molecule has 0 saturated heterocycles. The third kappa shape index (κ3) is 1.62. The minimum atomic E-state index is 0.496. The molecule has 0 bridgehead atoms. The van der Waals surface area contributed by atoms with Crippen molar-refractivity contribution in [1.29, 1.82) is 0 Å². The third-order valence-corrected chi connectivity index (χ3v) is 3.80. The first-order valence-corrected chi connectivity index (χ1v) is 6.78. The highest BCUT2D eigenvalue weighted by Gasteiger charge is 2.18. The van der Waals surface area contributed by atoms with Gasteiger partial charge in [0.1, 0.15) is 11.4 Å². The molecule has 0 unspecified atom stereocenters. The van der Waals surface area contributed by atoms with Crippen LogP contribution in [0.15, 0.2) is 42.7 Å². The largest absolute Gasteiger partial charge is 0.493 e. The van der Waals surface area contributed by atoms with Gasteiger partial charge in [-0.05, 0) is 35.4 Å². The predicted octanol–water partition coefficient (Wildman–Crippen LogP) is 2.39. The van der Waals surface area contributed by atoms with E-state index in [1.54, 1.807) is 0 Å². The van der Waals surface area contributed by atoms with E-state index in [1.807, 2.05) is 24.5 Å². The van der Waals surface area contributed by atoms with Crippen LogP contribution in [0.3, 0.4) is 0 Å². The molecule has 20 heavy (non-hydrogen) atoms. The van der Waals surface area contributed by atoms with Gasteiger partial charge in [-0.25, -0.2) is 4.98 Å². The molecule has 2 N–H and O–H groups in total. The predicted molar refractivity (Wildman–Crippen MR) is 77.7 cm³/mol. The molecule has 4 rings (SSSR count). The van der Waals surface area contributed by atoms with Crippen molar-refractivity contribution in [1.82, 2.24) is 9.38 Å². The van der Waals surface area contributed by atoms with Gasteiger partial charge in [0.05, 0.1) is 12.3 Å². The summed E-state index contributed by atoms with van der Waals surface area (Å²) in [5.41, 5.74) is 11.4. The van der Waals surface area contributed by atoms with E-state index in [4.69, 9.17) is 10.5 Å². The van der Waals surface area contributed by atoms with Crippen LogP contribution >= 0.6 is 0 Å². The summed E-state index contributed by atoms with van der Waals surface area (Å²) in [6.45, 7) is 1.25. The number of aromatic nitrogens is 2. The summed E-state index contributed by atoms with van der Waals surface area (Å²) in [4.78, 5) is 4.33. The maximum atomic E-state index is 5.86. The molecule has 0 radical (unpaired) electrons. The van der Waals surface area contributed by atoms with E-state index in [2.05, 4.69) is 27.6 Å². The average Bonchev–Trinajstić information content (AvgIpc) is 3.13. The van der Waals surface area contributed by atoms with Gasteiger partial charge in [0.25, 0.3) is 0 Å². The lowest BCUT2D eigenvalue weighted by Gasteiger charge is -2.11. The molecular weight excluding hydrogens is 250 g/mol. The Labute approximate surface area is 116 Å². The molecule has 0 spiro atoms. The zero-order chi connectivity index (χ0) is 13.5. The molecule has 4 nitrogen and oxygen atoms in total. The topological polar surface area (TPSA) is 52.5 Å². The van der Waals surface area contributed by atoms with E-state index in [-0.39, 0.29) is 0 Å². The average molecular weight is 265 g/mol. The SMILES string of the molecule is NCc1cc(-c2cccc3nccn23)cc2c1OCC2. The lowest BCUT2D eigenvalue weighted by Crippen LogP contribution is -2.01. The molecule has 4 heteroatoms. The summed E-state index contributed by atoms with van der Waals surface area (Å²) < 4.78 is 7.78. The fourth-order valence-electron chi connectivity index (χ4n) is 2.87. The molecule has 1 aromatic carbocycles. The number of rotatable bonds is 2. The van der Waals surface area contributed by atoms with E-state index in [0.717, 1.165) is 35.7 Å². The minimum Gasteiger partial charge on any atom is -0.493 e. The molecule has 1 aliphatic rings. The molecule has 0 saturated carbocycles. The highest BCUT2D eigenvalue weighted by Crippen LogP contribution is 2.34. The minimum absolute atomic E-state index is 0.496.